The minimum absolute atomic E-state index is 0. The average molecular weight is 247 g/mol. The molecule has 88 valence electrons. The van der Waals surface area contributed by atoms with Crippen molar-refractivity contribution in [3.8, 4) is 0 Å². The Hall–Kier alpha value is -1.66. The van der Waals surface area contributed by atoms with Crippen LogP contribution in [0.1, 0.15) is 18.0 Å². The van der Waals surface area contributed by atoms with Gasteiger partial charge in [-0.15, -0.1) is 12.4 Å². The number of benzene rings is 1. The number of hydrogen-bond acceptors (Lipinski definition) is 4. The molecule has 0 aliphatic carbocycles. The lowest BCUT2D eigenvalue weighted by molar-refractivity contribution is -0.384. The number of halogens is 1. The molecule has 7 heteroatoms. The van der Waals surface area contributed by atoms with Gasteiger partial charge in [0.25, 0.3) is 5.69 Å². The first-order chi connectivity index (χ1) is 7.00. The van der Waals surface area contributed by atoms with E-state index in [-0.39, 0.29) is 24.5 Å². The van der Waals surface area contributed by atoms with Crippen molar-refractivity contribution >= 4 is 24.1 Å². The lowest BCUT2D eigenvalue weighted by Gasteiger charge is -2.08. The maximum absolute atomic E-state index is 10.4. The maximum Gasteiger partial charge on any atom is 0.305 e. The van der Waals surface area contributed by atoms with Crippen LogP contribution >= 0.6 is 12.4 Å². The number of nitro groups is 1. The van der Waals surface area contributed by atoms with Crippen LogP contribution in [0, 0.1) is 10.1 Å². The van der Waals surface area contributed by atoms with Gasteiger partial charge in [-0.25, -0.2) is 0 Å². The summed E-state index contributed by atoms with van der Waals surface area (Å²) in [6.45, 7) is 0. The second-order valence-corrected chi connectivity index (χ2v) is 3.05. The molecule has 3 N–H and O–H groups in total. The van der Waals surface area contributed by atoms with Crippen molar-refractivity contribution in [3.63, 3.8) is 0 Å². The number of non-ortho nitro benzene ring substituents is 1. The zero-order chi connectivity index (χ0) is 11.4. The van der Waals surface area contributed by atoms with Gasteiger partial charge in [0.1, 0.15) is 0 Å². The summed E-state index contributed by atoms with van der Waals surface area (Å²) in [7, 11) is 0. The largest absolute Gasteiger partial charge is 0.481 e. The first-order valence-electron chi connectivity index (χ1n) is 4.22. The molecule has 1 aromatic carbocycles. The third-order valence-corrected chi connectivity index (χ3v) is 1.93. The fourth-order valence-electron chi connectivity index (χ4n) is 1.15. The number of carboxylic acids is 1. The van der Waals surface area contributed by atoms with Gasteiger partial charge in [-0.2, -0.15) is 0 Å². The number of nitrogens with zero attached hydrogens (tertiary/aromatic N) is 1. The molecule has 0 saturated heterocycles. The molecule has 0 heterocycles. The van der Waals surface area contributed by atoms with Gasteiger partial charge in [0.15, 0.2) is 0 Å². The maximum atomic E-state index is 10.4. The molecule has 16 heavy (non-hydrogen) atoms. The standard InChI is InChI=1S/C9H10N2O4.ClH/c10-8(5-9(12)13)6-1-3-7(4-2-6)11(14)15;/h1-4,8H,5,10H2,(H,12,13);1H/t8-;/m0./s1. The van der Waals surface area contributed by atoms with Crippen LogP contribution in [-0.4, -0.2) is 16.0 Å². The van der Waals surface area contributed by atoms with E-state index in [2.05, 4.69) is 0 Å². The number of rotatable bonds is 4. The SMILES string of the molecule is Cl.N[C@@H](CC(=O)O)c1ccc([N+](=O)[O-])cc1. The highest BCUT2D eigenvalue weighted by Gasteiger charge is 2.12. The minimum atomic E-state index is -0.999. The number of hydrogen-bond donors (Lipinski definition) is 2. The van der Waals surface area contributed by atoms with Crippen molar-refractivity contribution < 1.29 is 14.8 Å². The summed E-state index contributed by atoms with van der Waals surface area (Å²) in [6.07, 6.45) is -0.197. The summed E-state index contributed by atoms with van der Waals surface area (Å²) < 4.78 is 0. The Morgan fingerprint density at radius 3 is 2.31 bits per heavy atom. The Kier molecular flexibility index (Phi) is 5.41. The Balaban J connectivity index is 0.00000225. The van der Waals surface area contributed by atoms with Gasteiger partial charge in [0.05, 0.1) is 11.3 Å². The van der Waals surface area contributed by atoms with E-state index in [9.17, 15) is 14.9 Å². The molecule has 0 aliphatic heterocycles. The van der Waals surface area contributed by atoms with Crippen LogP contribution in [0.15, 0.2) is 24.3 Å². The quantitative estimate of drug-likeness (QED) is 0.618. The number of aliphatic carboxylic acids is 1. The molecule has 0 aliphatic rings. The first-order valence-corrected chi connectivity index (χ1v) is 4.22. The Labute approximate surface area is 97.6 Å². The zero-order valence-electron chi connectivity index (χ0n) is 8.20. The molecule has 1 rings (SSSR count). The molecule has 0 unspecified atom stereocenters. The zero-order valence-corrected chi connectivity index (χ0v) is 9.02. The molecular formula is C9H11ClN2O4. The fourth-order valence-corrected chi connectivity index (χ4v) is 1.15. The van der Waals surface area contributed by atoms with Gasteiger partial charge in [0, 0.05) is 18.2 Å². The Morgan fingerprint density at radius 1 is 1.44 bits per heavy atom. The highest BCUT2D eigenvalue weighted by atomic mass is 35.5. The highest BCUT2D eigenvalue weighted by Crippen LogP contribution is 2.18. The fraction of sp³-hybridized carbons (Fsp3) is 0.222. The van der Waals surface area contributed by atoms with E-state index in [0.29, 0.717) is 5.56 Å². The van der Waals surface area contributed by atoms with Gasteiger partial charge < -0.3 is 10.8 Å². The molecule has 6 nitrogen and oxygen atoms in total. The molecule has 0 spiro atoms. The third kappa shape index (κ3) is 3.84. The normalized spacial score (nSPS) is 11.3. The molecular weight excluding hydrogens is 236 g/mol. The summed E-state index contributed by atoms with van der Waals surface area (Å²) in [4.78, 5) is 20.2. The van der Waals surface area contributed by atoms with Gasteiger partial charge in [-0.05, 0) is 5.56 Å². The molecule has 1 aromatic rings. The minimum Gasteiger partial charge on any atom is -0.481 e. The van der Waals surface area contributed by atoms with Crippen LogP contribution in [0.25, 0.3) is 0 Å². The molecule has 0 radical (unpaired) electrons. The molecule has 0 fully saturated rings. The lowest BCUT2D eigenvalue weighted by Crippen LogP contribution is -2.14. The van der Waals surface area contributed by atoms with Crippen molar-refractivity contribution in [1.82, 2.24) is 0 Å². The second kappa shape index (κ2) is 6.04. The van der Waals surface area contributed by atoms with Crippen LogP contribution in [-0.2, 0) is 4.79 Å². The van der Waals surface area contributed by atoms with E-state index in [1.54, 1.807) is 0 Å². The third-order valence-electron chi connectivity index (χ3n) is 1.93. The van der Waals surface area contributed by atoms with Crippen LogP contribution in [0.3, 0.4) is 0 Å². The van der Waals surface area contributed by atoms with Gasteiger partial charge in [-0.1, -0.05) is 12.1 Å². The predicted molar refractivity (Wildman–Crippen MR) is 59.5 cm³/mol. The van der Waals surface area contributed by atoms with Crippen molar-refractivity contribution in [2.24, 2.45) is 5.73 Å². The monoisotopic (exact) mass is 246 g/mol. The van der Waals surface area contributed by atoms with Gasteiger partial charge >= 0.3 is 5.97 Å². The van der Waals surface area contributed by atoms with Crippen molar-refractivity contribution in [1.29, 1.82) is 0 Å². The van der Waals surface area contributed by atoms with E-state index in [4.69, 9.17) is 10.8 Å². The lowest BCUT2D eigenvalue weighted by atomic mass is 10.0. The van der Waals surface area contributed by atoms with Crippen molar-refractivity contribution in [3.05, 3.63) is 39.9 Å². The molecule has 0 amide bonds. The van der Waals surface area contributed by atoms with Crippen LogP contribution in [0.2, 0.25) is 0 Å². The van der Waals surface area contributed by atoms with Crippen LogP contribution in [0.5, 0.6) is 0 Å². The first kappa shape index (κ1) is 14.3. The Morgan fingerprint density at radius 2 is 1.94 bits per heavy atom. The van der Waals surface area contributed by atoms with E-state index in [1.807, 2.05) is 0 Å². The second-order valence-electron chi connectivity index (χ2n) is 3.05. The van der Waals surface area contributed by atoms with Crippen LogP contribution in [0.4, 0.5) is 5.69 Å². The summed E-state index contributed by atoms with van der Waals surface area (Å²) in [5, 5.41) is 18.8. The van der Waals surface area contributed by atoms with E-state index in [0.717, 1.165) is 0 Å². The summed E-state index contributed by atoms with van der Waals surface area (Å²) in [6, 6.07) is 4.90. The number of carbonyl (C=O) groups is 1. The molecule has 0 aromatic heterocycles. The average Bonchev–Trinajstić information content (AvgIpc) is 2.17. The van der Waals surface area contributed by atoms with E-state index < -0.39 is 16.9 Å². The predicted octanol–water partition coefficient (Wildman–Crippen LogP) is 1.49. The molecule has 0 bridgehead atoms. The number of carboxylic acid groups (broad SMARTS) is 1. The molecule has 0 saturated carbocycles. The Bertz CT molecular complexity index is 380. The number of nitro benzene ring substituents is 1. The number of nitrogens with two attached hydrogens (primary N) is 1. The van der Waals surface area contributed by atoms with E-state index in [1.165, 1.54) is 24.3 Å². The van der Waals surface area contributed by atoms with Crippen LogP contribution < -0.4 is 5.73 Å². The molecule has 1 atom stereocenters. The summed E-state index contributed by atoms with van der Waals surface area (Å²) in [5.74, 6) is -0.999. The summed E-state index contributed by atoms with van der Waals surface area (Å²) in [5.41, 5.74) is 6.10. The van der Waals surface area contributed by atoms with Crippen molar-refractivity contribution in [2.75, 3.05) is 0 Å². The van der Waals surface area contributed by atoms with Gasteiger partial charge in [-0.3, -0.25) is 14.9 Å². The van der Waals surface area contributed by atoms with E-state index >= 15 is 0 Å². The topological polar surface area (TPSA) is 106 Å². The smallest absolute Gasteiger partial charge is 0.305 e. The van der Waals surface area contributed by atoms with Crippen molar-refractivity contribution in [2.45, 2.75) is 12.5 Å². The summed E-state index contributed by atoms with van der Waals surface area (Å²) >= 11 is 0. The highest BCUT2D eigenvalue weighted by molar-refractivity contribution is 5.85. The van der Waals surface area contributed by atoms with Gasteiger partial charge in [0.2, 0.25) is 0 Å².